The van der Waals surface area contributed by atoms with E-state index in [1.54, 1.807) is 6.92 Å². The fraction of sp³-hybridized carbons (Fsp3) is 0.318. The van der Waals surface area contributed by atoms with Crippen molar-refractivity contribution in [1.29, 1.82) is 0 Å². The molecule has 6 heteroatoms. The number of amides is 4. The second-order valence-corrected chi connectivity index (χ2v) is 7.24. The molecule has 2 N–H and O–H groups in total. The molecule has 2 aromatic carbocycles. The van der Waals surface area contributed by atoms with E-state index >= 15 is 0 Å². The summed E-state index contributed by atoms with van der Waals surface area (Å²) in [4.78, 5) is 38.4. The lowest BCUT2D eigenvalue weighted by atomic mass is 9.93. The Kier molecular flexibility index (Phi) is 5.78. The van der Waals surface area contributed by atoms with Crippen LogP contribution in [0.15, 0.2) is 54.6 Å². The Morgan fingerprint density at radius 1 is 1.04 bits per heavy atom. The van der Waals surface area contributed by atoms with Crippen molar-refractivity contribution in [3.63, 3.8) is 0 Å². The Balaban J connectivity index is 1.59. The van der Waals surface area contributed by atoms with E-state index in [0.29, 0.717) is 18.5 Å². The van der Waals surface area contributed by atoms with Crippen molar-refractivity contribution < 1.29 is 14.4 Å². The third-order valence-electron chi connectivity index (χ3n) is 5.05. The van der Waals surface area contributed by atoms with E-state index in [9.17, 15) is 14.4 Å². The number of carbonyl (C=O) groups excluding carboxylic acids is 3. The molecule has 0 radical (unpaired) electrons. The third-order valence-corrected chi connectivity index (χ3v) is 5.05. The van der Waals surface area contributed by atoms with Gasteiger partial charge in [-0.2, -0.15) is 0 Å². The molecule has 1 atom stereocenters. The van der Waals surface area contributed by atoms with Gasteiger partial charge in [0.2, 0.25) is 5.91 Å². The standard InChI is InChI=1S/C22H25N3O3/c1-3-16-9-11-18(12-10-16)23-19(26)15-25-20(27)22(2,24-21(25)28)14-13-17-7-5-4-6-8-17/h4-12H,3,13-15H2,1-2H3,(H,23,26)(H,24,28)/t22-/m0/s1. The van der Waals surface area contributed by atoms with E-state index in [1.165, 1.54) is 5.56 Å². The molecule has 0 aliphatic carbocycles. The van der Waals surface area contributed by atoms with Crippen molar-refractivity contribution in [3.05, 3.63) is 65.7 Å². The highest BCUT2D eigenvalue weighted by Crippen LogP contribution is 2.23. The minimum atomic E-state index is -1.00. The molecular weight excluding hydrogens is 354 g/mol. The van der Waals surface area contributed by atoms with Gasteiger partial charge in [0.05, 0.1) is 0 Å². The van der Waals surface area contributed by atoms with Gasteiger partial charge < -0.3 is 10.6 Å². The number of rotatable bonds is 7. The normalized spacial score (nSPS) is 18.9. The van der Waals surface area contributed by atoms with Gasteiger partial charge in [0.15, 0.2) is 0 Å². The number of imide groups is 1. The molecule has 1 aliphatic heterocycles. The first-order chi connectivity index (χ1) is 13.4. The maximum atomic E-state index is 12.8. The smallest absolute Gasteiger partial charge is 0.325 e. The molecule has 0 bridgehead atoms. The molecule has 2 aromatic rings. The summed E-state index contributed by atoms with van der Waals surface area (Å²) in [7, 11) is 0. The molecule has 0 saturated carbocycles. The molecule has 3 rings (SSSR count). The third kappa shape index (κ3) is 4.39. The quantitative estimate of drug-likeness (QED) is 0.726. The van der Waals surface area contributed by atoms with Crippen molar-refractivity contribution in [2.24, 2.45) is 0 Å². The first kappa shape index (κ1) is 19.6. The molecule has 146 valence electrons. The van der Waals surface area contributed by atoms with Crippen LogP contribution in [0.2, 0.25) is 0 Å². The summed E-state index contributed by atoms with van der Waals surface area (Å²) < 4.78 is 0. The van der Waals surface area contributed by atoms with Crippen LogP contribution < -0.4 is 10.6 Å². The summed E-state index contributed by atoms with van der Waals surface area (Å²) in [5.41, 5.74) is 1.90. The van der Waals surface area contributed by atoms with Crippen molar-refractivity contribution in [3.8, 4) is 0 Å². The summed E-state index contributed by atoms with van der Waals surface area (Å²) in [5, 5.41) is 5.48. The molecule has 1 heterocycles. The number of hydrogen-bond donors (Lipinski definition) is 2. The minimum absolute atomic E-state index is 0.304. The zero-order chi connectivity index (χ0) is 20.1. The van der Waals surface area contributed by atoms with Crippen molar-refractivity contribution >= 4 is 23.5 Å². The molecule has 28 heavy (non-hydrogen) atoms. The molecule has 0 unspecified atom stereocenters. The van der Waals surface area contributed by atoms with Gasteiger partial charge in [-0.05, 0) is 49.4 Å². The average molecular weight is 379 g/mol. The van der Waals surface area contributed by atoms with Gasteiger partial charge in [-0.3, -0.25) is 14.5 Å². The number of nitrogens with one attached hydrogen (secondary N) is 2. The van der Waals surface area contributed by atoms with Crippen LogP contribution in [-0.4, -0.2) is 34.8 Å². The fourth-order valence-electron chi connectivity index (χ4n) is 3.27. The SMILES string of the molecule is CCc1ccc(NC(=O)CN2C(=O)N[C@@](C)(CCc3ccccc3)C2=O)cc1. The van der Waals surface area contributed by atoms with Gasteiger partial charge in [0.25, 0.3) is 5.91 Å². The summed E-state index contributed by atoms with van der Waals surface area (Å²) >= 11 is 0. The van der Waals surface area contributed by atoms with Gasteiger partial charge in [-0.1, -0.05) is 49.4 Å². The zero-order valence-corrected chi connectivity index (χ0v) is 16.2. The molecule has 4 amide bonds. The predicted octanol–water partition coefficient (Wildman–Crippen LogP) is 3.13. The number of nitrogens with zero attached hydrogens (tertiary/aromatic N) is 1. The fourth-order valence-corrected chi connectivity index (χ4v) is 3.27. The molecule has 1 fully saturated rings. The highest BCUT2D eigenvalue weighted by Gasteiger charge is 2.47. The lowest BCUT2D eigenvalue weighted by Gasteiger charge is -2.21. The minimum Gasteiger partial charge on any atom is -0.325 e. The van der Waals surface area contributed by atoms with Crippen LogP contribution in [0.5, 0.6) is 0 Å². The van der Waals surface area contributed by atoms with Gasteiger partial charge >= 0.3 is 6.03 Å². The Bertz CT molecular complexity index is 864. The van der Waals surface area contributed by atoms with E-state index in [0.717, 1.165) is 16.9 Å². The number of carbonyl (C=O) groups is 3. The molecular formula is C22H25N3O3. The average Bonchev–Trinajstić information content (AvgIpc) is 2.91. The predicted molar refractivity (Wildman–Crippen MR) is 108 cm³/mol. The van der Waals surface area contributed by atoms with Gasteiger partial charge in [-0.25, -0.2) is 4.79 Å². The maximum Gasteiger partial charge on any atom is 0.325 e. The second kappa shape index (κ2) is 8.25. The Morgan fingerprint density at radius 2 is 1.71 bits per heavy atom. The van der Waals surface area contributed by atoms with Crippen molar-refractivity contribution in [2.45, 2.75) is 38.6 Å². The van der Waals surface area contributed by atoms with E-state index in [4.69, 9.17) is 0 Å². The Hall–Kier alpha value is -3.15. The van der Waals surface area contributed by atoms with Crippen LogP contribution in [0.25, 0.3) is 0 Å². The summed E-state index contributed by atoms with van der Waals surface area (Å²) in [6.45, 7) is 3.46. The van der Waals surface area contributed by atoms with Crippen LogP contribution in [-0.2, 0) is 22.4 Å². The van der Waals surface area contributed by atoms with Gasteiger partial charge in [0, 0.05) is 5.69 Å². The molecule has 1 saturated heterocycles. The van der Waals surface area contributed by atoms with E-state index in [2.05, 4.69) is 17.6 Å². The highest BCUT2D eigenvalue weighted by atomic mass is 16.2. The Labute approximate surface area is 164 Å². The molecule has 1 aliphatic rings. The van der Waals surface area contributed by atoms with Crippen molar-refractivity contribution in [2.75, 3.05) is 11.9 Å². The Morgan fingerprint density at radius 3 is 2.36 bits per heavy atom. The lowest BCUT2D eigenvalue weighted by molar-refractivity contribution is -0.133. The number of urea groups is 1. The summed E-state index contributed by atoms with van der Waals surface area (Å²) in [6, 6.07) is 16.8. The maximum absolute atomic E-state index is 12.8. The van der Waals surface area contributed by atoms with Crippen molar-refractivity contribution in [1.82, 2.24) is 10.2 Å². The number of aryl methyl sites for hydroxylation is 2. The van der Waals surface area contributed by atoms with Crippen LogP contribution in [0.4, 0.5) is 10.5 Å². The monoisotopic (exact) mass is 379 g/mol. The van der Waals surface area contributed by atoms with E-state index < -0.39 is 17.5 Å². The topological polar surface area (TPSA) is 78.5 Å². The number of anilines is 1. The summed E-state index contributed by atoms with van der Waals surface area (Å²) in [6.07, 6.45) is 2.05. The lowest BCUT2D eigenvalue weighted by Crippen LogP contribution is -2.45. The highest BCUT2D eigenvalue weighted by molar-refractivity contribution is 6.09. The van der Waals surface area contributed by atoms with E-state index in [-0.39, 0.29) is 12.5 Å². The largest absolute Gasteiger partial charge is 0.325 e. The van der Waals surface area contributed by atoms with Crippen LogP contribution in [0.3, 0.4) is 0 Å². The van der Waals surface area contributed by atoms with Crippen LogP contribution >= 0.6 is 0 Å². The number of hydrogen-bond acceptors (Lipinski definition) is 3. The zero-order valence-electron chi connectivity index (χ0n) is 16.2. The molecule has 0 aromatic heterocycles. The first-order valence-corrected chi connectivity index (χ1v) is 9.48. The molecule has 6 nitrogen and oxygen atoms in total. The van der Waals surface area contributed by atoms with Crippen LogP contribution in [0, 0.1) is 0 Å². The van der Waals surface area contributed by atoms with Crippen LogP contribution in [0.1, 0.15) is 31.4 Å². The first-order valence-electron chi connectivity index (χ1n) is 9.48. The van der Waals surface area contributed by atoms with Gasteiger partial charge in [0.1, 0.15) is 12.1 Å². The van der Waals surface area contributed by atoms with Gasteiger partial charge in [-0.15, -0.1) is 0 Å². The van der Waals surface area contributed by atoms with E-state index in [1.807, 2.05) is 54.6 Å². The molecule has 0 spiro atoms. The second-order valence-electron chi connectivity index (χ2n) is 7.24. The summed E-state index contributed by atoms with van der Waals surface area (Å²) in [5.74, 6) is -0.773. The number of benzene rings is 2.